The van der Waals surface area contributed by atoms with E-state index in [-0.39, 0.29) is 11.8 Å². The number of rotatable bonds is 6. The molecule has 0 spiro atoms. The number of aromatic nitrogens is 1. The number of carbonyl (C=O) groups excluding carboxylic acids is 1. The maximum Gasteiger partial charge on any atom is 0.207 e. The fraction of sp³-hybridized carbons (Fsp3) is 0.115. The van der Waals surface area contributed by atoms with Crippen molar-refractivity contribution in [3.63, 3.8) is 0 Å². The molecule has 5 rings (SSSR count). The zero-order valence-electron chi connectivity index (χ0n) is 17.8. The van der Waals surface area contributed by atoms with Crippen molar-refractivity contribution < 1.29 is 4.79 Å². The third-order valence-electron chi connectivity index (χ3n) is 5.39. The highest BCUT2D eigenvalue weighted by Gasteiger charge is 2.33. The second-order valence-corrected chi connectivity index (χ2v) is 10.0. The van der Waals surface area contributed by atoms with Crippen molar-refractivity contribution in [2.24, 2.45) is 5.10 Å². The van der Waals surface area contributed by atoms with Crippen LogP contribution in [-0.2, 0) is 0 Å². The summed E-state index contributed by atoms with van der Waals surface area (Å²) in [5.74, 6) is -0.0645. The largest absolute Gasteiger partial charge is 0.288 e. The molecule has 0 fully saturated rings. The SMILES string of the molecule is Cc1nc(N2N=C(c3ccccc3)CC2c2cccs2)sc1C(=O)/C=C/c1ccc(Cl)cc1. The van der Waals surface area contributed by atoms with E-state index in [0.29, 0.717) is 15.6 Å². The number of nitrogens with zero attached hydrogens (tertiary/aromatic N) is 3. The highest BCUT2D eigenvalue weighted by Crippen LogP contribution is 2.40. The Kier molecular flexibility index (Phi) is 6.22. The molecule has 0 saturated carbocycles. The summed E-state index contributed by atoms with van der Waals surface area (Å²) >= 11 is 9.05. The molecule has 0 bridgehead atoms. The summed E-state index contributed by atoms with van der Waals surface area (Å²) < 4.78 is 0. The van der Waals surface area contributed by atoms with E-state index in [1.54, 1.807) is 23.5 Å². The molecule has 0 saturated heterocycles. The van der Waals surface area contributed by atoms with E-state index >= 15 is 0 Å². The van der Waals surface area contributed by atoms with Crippen LogP contribution in [0.2, 0.25) is 5.02 Å². The van der Waals surface area contributed by atoms with Crippen molar-refractivity contribution in [1.29, 1.82) is 0 Å². The molecule has 0 N–H and O–H groups in total. The standard InChI is InChI=1S/C26H20ClN3OS2/c1-17-25(23(31)14-11-18-9-12-20(27)13-10-18)33-26(28-17)30-22(24-8-5-15-32-24)16-21(29-30)19-6-3-2-4-7-19/h2-15,22H,16H2,1H3/b14-11+. The number of carbonyl (C=O) groups is 1. The lowest BCUT2D eigenvalue weighted by Gasteiger charge is -2.19. The zero-order valence-corrected chi connectivity index (χ0v) is 20.2. The lowest BCUT2D eigenvalue weighted by atomic mass is 10.0. The number of benzene rings is 2. The summed E-state index contributed by atoms with van der Waals surface area (Å²) in [6, 6.07) is 21.9. The summed E-state index contributed by atoms with van der Waals surface area (Å²) in [5, 5.41) is 10.4. The number of halogens is 1. The predicted octanol–water partition coefficient (Wildman–Crippen LogP) is 7.42. The number of ketones is 1. The summed E-state index contributed by atoms with van der Waals surface area (Å²) in [6.45, 7) is 1.88. The van der Waals surface area contributed by atoms with Crippen LogP contribution in [0, 0.1) is 6.92 Å². The second-order valence-electron chi connectivity index (χ2n) is 7.65. The quantitative estimate of drug-likeness (QED) is 0.209. The average molecular weight is 490 g/mol. The van der Waals surface area contributed by atoms with Gasteiger partial charge in [0.2, 0.25) is 5.13 Å². The fourth-order valence-corrected chi connectivity index (χ4v) is 5.65. The van der Waals surface area contributed by atoms with E-state index in [1.807, 2.05) is 54.4 Å². The molecule has 2 aromatic carbocycles. The molecule has 0 radical (unpaired) electrons. The number of anilines is 1. The van der Waals surface area contributed by atoms with Crippen molar-refractivity contribution in [1.82, 2.24) is 4.98 Å². The number of thiophene rings is 1. The van der Waals surface area contributed by atoms with E-state index in [2.05, 4.69) is 29.6 Å². The highest BCUT2D eigenvalue weighted by molar-refractivity contribution is 7.17. The van der Waals surface area contributed by atoms with Gasteiger partial charge in [-0.15, -0.1) is 11.3 Å². The number of hydrazone groups is 1. The van der Waals surface area contributed by atoms with Gasteiger partial charge in [0.05, 0.1) is 22.3 Å². The van der Waals surface area contributed by atoms with Gasteiger partial charge in [0, 0.05) is 16.3 Å². The molecule has 0 amide bonds. The van der Waals surface area contributed by atoms with Crippen LogP contribution in [0.3, 0.4) is 0 Å². The second kappa shape index (κ2) is 9.43. The van der Waals surface area contributed by atoms with Crippen LogP contribution in [0.5, 0.6) is 0 Å². The minimum absolute atomic E-state index is 0.0645. The molecule has 164 valence electrons. The van der Waals surface area contributed by atoms with Gasteiger partial charge in [-0.25, -0.2) is 9.99 Å². The van der Waals surface area contributed by atoms with Crippen LogP contribution in [0.1, 0.15) is 43.8 Å². The number of hydrogen-bond donors (Lipinski definition) is 0. The summed E-state index contributed by atoms with van der Waals surface area (Å²) in [6.07, 6.45) is 4.18. The number of thiazole rings is 1. The van der Waals surface area contributed by atoms with Crippen LogP contribution >= 0.6 is 34.3 Å². The van der Waals surface area contributed by atoms with Gasteiger partial charge in [-0.05, 0) is 47.7 Å². The lowest BCUT2D eigenvalue weighted by molar-refractivity contribution is 0.105. The van der Waals surface area contributed by atoms with Gasteiger partial charge in [-0.3, -0.25) is 4.79 Å². The zero-order chi connectivity index (χ0) is 22.8. The Morgan fingerprint density at radius 2 is 1.88 bits per heavy atom. The molecular weight excluding hydrogens is 470 g/mol. The van der Waals surface area contributed by atoms with Crippen LogP contribution < -0.4 is 5.01 Å². The topological polar surface area (TPSA) is 45.6 Å². The lowest BCUT2D eigenvalue weighted by Crippen LogP contribution is -2.17. The summed E-state index contributed by atoms with van der Waals surface area (Å²) in [4.78, 5) is 19.5. The van der Waals surface area contributed by atoms with Gasteiger partial charge in [-0.2, -0.15) is 5.10 Å². The predicted molar refractivity (Wildman–Crippen MR) is 139 cm³/mol. The molecule has 33 heavy (non-hydrogen) atoms. The number of hydrogen-bond acceptors (Lipinski definition) is 6. The smallest absolute Gasteiger partial charge is 0.207 e. The minimum Gasteiger partial charge on any atom is -0.288 e. The fourth-order valence-electron chi connectivity index (χ4n) is 3.72. The van der Waals surface area contributed by atoms with Crippen LogP contribution in [-0.4, -0.2) is 16.5 Å². The molecule has 0 aliphatic carbocycles. The Bertz CT molecular complexity index is 1330. The van der Waals surface area contributed by atoms with Crippen LogP contribution in [0.4, 0.5) is 5.13 Å². The number of aryl methyl sites for hydroxylation is 1. The molecule has 4 nitrogen and oxygen atoms in total. The Labute approximate surface area is 205 Å². The molecular formula is C26H20ClN3OS2. The molecule has 1 aliphatic rings. The molecule has 1 aliphatic heterocycles. The van der Waals surface area contributed by atoms with E-state index < -0.39 is 0 Å². The summed E-state index contributed by atoms with van der Waals surface area (Å²) in [7, 11) is 0. The average Bonchev–Trinajstić information content (AvgIpc) is 3.58. The maximum atomic E-state index is 12.9. The molecule has 7 heteroatoms. The Morgan fingerprint density at radius 3 is 2.61 bits per heavy atom. The van der Waals surface area contributed by atoms with Crippen LogP contribution in [0.25, 0.3) is 6.08 Å². The monoisotopic (exact) mass is 489 g/mol. The van der Waals surface area contributed by atoms with Crippen molar-refractivity contribution in [2.75, 3.05) is 5.01 Å². The molecule has 3 heterocycles. The normalized spacial score (nSPS) is 15.9. The summed E-state index contributed by atoms with van der Waals surface area (Å²) in [5.41, 5.74) is 3.77. The van der Waals surface area contributed by atoms with Crippen molar-refractivity contribution in [3.8, 4) is 0 Å². The first-order valence-corrected chi connectivity index (χ1v) is 12.6. The Balaban J connectivity index is 1.45. The molecule has 1 unspecified atom stereocenters. The van der Waals surface area contributed by atoms with Crippen molar-refractivity contribution in [3.05, 3.63) is 110 Å². The van der Waals surface area contributed by atoms with Crippen molar-refractivity contribution in [2.45, 2.75) is 19.4 Å². The first-order valence-electron chi connectivity index (χ1n) is 10.5. The van der Waals surface area contributed by atoms with Gasteiger partial charge in [0.1, 0.15) is 0 Å². The molecule has 1 atom stereocenters. The first-order chi connectivity index (χ1) is 16.1. The van der Waals surface area contributed by atoms with Gasteiger partial charge in [0.25, 0.3) is 0 Å². The Morgan fingerprint density at radius 1 is 1.09 bits per heavy atom. The third-order valence-corrected chi connectivity index (χ3v) is 7.78. The minimum atomic E-state index is -0.0645. The van der Waals surface area contributed by atoms with Gasteiger partial charge in [0.15, 0.2) is 5.78 Å². The van der Waals surface area contributed by atoms with Crippen LogP contribution in [0.15, 0.2) is 83.3 Å². The van der Waals surface area contributed by atoms with Gasteiger partial charge < -0.3 is 0 Å². The van der Waals surface area contributed by atoms with E-state index in [1.165, 1.54) is 16.2 Å². The molecule has 2 aromatic heterocycles. The highest BCUT2D eigenvalue weighted by atomic mass is 35.5. The third kappa shape index (κ3) is 4.69. The molecule has 4 aromatic rings. The Hall–Kier alpha value is -3.06. The first kappa shape index (κ1) is 21.8. The van der Waals surface area contributed by atoms with Crippen molar-refractivity contribution >= 4 is 57.0 Å². The van der Waals surface area contributed by atoms with E-state index in [9.17, 15) is 4.79 Å². The van der Waals surface area contributed by atoms with Gasteiger partial charge >= 0.3 is 0 Å². The van der Waals surface area contributed by atoms with E-state index in [0.717, 1.165) is 28.4 Å². The number of allylic oxidation sites excluding steroid dienone is 1. The van der Waals surface area contributed by atoms with E-state index in [4.69, 9.17) is 21.7 Å². The van der Waals surface area contributed by atoms with Gasteiger partial charge in [-0.1, -0.05) is 77.5 Å². The maximum absolute atomic E-state index is 12.9.